The van der Waals surface area contributed by atoms with Crippen LogP contribution in [-0.4, -0.2) is 37.3 Å². The van der Waals surface area contributed by atoms with Gasteiger partial charge in [-0.3, -0.25) is 9.36 Å². The van der Waals surface area contributed by atoms with E-state index in [0.717, 1.165) is 16.3 Å². The third-order valence-electron chi connectivity index (χ3n) is 5.19. The number of rotatable bonds is 6. The minimum Gasteiger partial charge on any atom is -0.449 e. The smallest absolute Gasteiger partial charge is 0.243 e. The first-order valence-corrected chi connectivity index (χ1v) is 11.6. The highest BCUT2D eigenvalue weighted by molar-refractivity contribution is 7.99. The molecular formula is C25H20FN5O2S. The Kier molecular flexibility index (Phi) is 6.09. The predicted molar refractivity (Wildman–Crippen MR) is 128 cm³/mol. The number of hydrazone groups is 1. The average molecular weight is 474 g/mol. The van der Waals surface area contributed by atoms with E-state index in [2.05, 4.69) is 15.3 Å². The number of halogens is 1. The number of benzene rings is 3. The van der Waals surface area contributed by atoms with E-state index in [4.69, 9.17) is 4.74 Å². The van der Waals surface area contributed by atoms with Gasteiger partial charge in [-0.2, -0.15) is 5.01 Å². The largest absolute Gasteiger partial charge is 0.449 e. The molecule has 5 rings (SSSR count). The molecule has 0 spiro atoms. The molecule has 1 aromatic heterocycles. The zero-order valence-corrected chi connectivity index (χ0v) is 19.0. The fraction of sp³-hybridized carbons (Fsp3) is 0.120. The summed E-state index contributed by atoms with van der Waals surface area (Å²) in [5, 5.41) is 14.9. The molecule has 1 aliphatic heterocycles. The van der Waals surface area contributed by atoms with Crippen LogP contribution < -0.4 is 0 Å². The first-order chi connectivity index (χ1) is 16.6. The third kappa shape index (κ3) is 4.29. The zero-order chi connectivity index (χ0) is 23.5. The van der Waals surface area contributed by atoms with Gasteiger partial charge in [-0.15, -0.1) is 15.3 Å². The minimum atomic E-state index is -0.943. The first kappa shape index (κ1) is 21.8. The SMILES string of the molecule is CC(=O)N1N=C(CSc2nnc(-c3ccccc3)n2-c2ccccc2)OC1c1ccccc1F. The van der Waals surface area contributed by atoms with Crippen molar-refractivity contribution < 1.29 is 13.9 Å². The van der Waals surface area contributed by atoms with Gasteiger partial charge in [0, 0.05) is 18.2 Å². The standard InChI is InChI=1S/C25H20FN5O2S/c1-17(32)31-24(20-14-8-9-15-21(20)26)33-22(29-31)16-34-25-28-27-23(18-10-4-2-5-11-18)30(25)19-12-6-3-7-13-19/h2-15,24H,16H2,1H3. The van der Waals surface area contributed by atoms with Gasteiger partial charge in [0.25, 0.3) is 0 Å². The van der Waals surface area contributed by atoms with Crippen molar-refractivity contribution in [3.63, 3.8) is 0 Å². The Morgan fingerprint density at radius 3 is 2.35 bits per heavy atom. The lowest BCUT2D eigenvalue weighted by atomic mass is 10.2. The summed E-state index contributed by atoms with van der Waals surface area (Å²) in [4.78, 5) is 12.1. The molecule has 1 amide bonds. The van der Waals surface area contributed by atoms with Crippen LogP contribution in [0.15, 0.2) is 95.2 Å². The van der Waals surface area contributed by atoms with E-state index in [9.17, 15) is 9.18 Å². The monoisotopic (exact) mass is 473 g/mol. The lowest BCUT2D eigenvalue weighted by Crippen LogP contribution is -2.26. The molecule has 1 aliphatic rings. The molecule has 1 atom stereocenters. The highest BCUT2D eigenvalue weighted by atomic mass is 32.2. The van der Waals surface area contributed by atoms with Crippen molar-refractivity contribution in [2.75, 3.05) is 5.75 Å². The first-order valence-electron chi connectivity index (χ1n) is 10.6. The van der Waals surface area contributed by atoms with Crippen LogP contribution in [0.5, 0.6) is 0 Å². The number of carbonyl (C=O) groups excluding carboxylic acids is 1. The number of thioether (sulfide) groups is 1. The predicted octanol–water partition coefficient (Wildman–Crippen LogP) is 5.06. The van der Waals surface area contributed by atoms with Gasteiger partial charge in [0.15, 0.2) is 11.0 Å². The minimum absolute atomic E-state index is 0.250. The molecule has 0 saturated heterocycles. The summed E-state index contributed by atoms with van der Waals surface area (Å²) in [7, 11) is 0. The van der Waals surface area contributed by atoms with E-state index in [-0.39, 0.29) is 17.2 Å². The van der Waals surface area contributed by atoms with Crippen LogP contribution in [0.1, 0.15) is 18.7 Å². The summed E-state index contributed by atoms with van der Waals surface area (Å²) in [6.07, 6.45) is -0.943. The molecule has 0 saturated carbocycles. The van der Waals surface area contributed by atoms with Gasteiger partial charge in [-0.1, -0.05) is 78.5 Å². The van der Waals surface area contributed by atoms with Crippen molar-refractivity contribution in [2.24, 2.45) is 5.10 Å². The van der Waals surface area contributed by atoms with Crippen LogP contribution in [0.2, 0.25) is 0 Å². The molecule has 0 fully saturated rings. The van der Waals surface area contributed by atoms with E-state index in [0.29, 0.717) is 16.9 Å². The van der Waals surface area contributed by atoms with Crippen LogP contribution in [0.3, 0.4) is 0 Å². The van der Waals surface area contributed by atoms with Gasteiger partial charge >= 0.3 is 0 Å². The van der Waals surface area contributed by atoms with Crippen molar-refractivity contribution in [3.8, 4) is 17.1 Å². The number of amides is 1. The topological polar surface area (TPSA) is 72.6 Å². The number of hydrogen-bond donors (Lipinski definition) is 0. The summed E-state index contributed by atoms with van der Waals surface area (Å²) in [6, 6.07) is 25.8. The molecule has 7 nitrogen and oxygen atoms in total. The number of carbonyl (C=O) groups is 1. The van der Waals surface area contributed by atoms with E-state index >= 15 is 0 Å². The van der Waals surface area contributed by atoms with Crippen molar-refractivity contribution in [1.82, 2.24) is 19.8 Å². The average Bonchev–Trinajstić information content (AvgIpc) is 3.49. The summed E-state index contributed by atoms with van der Waals surface area (Å²) in [5.41, 5.74) is 2.10. The number of aromatic nitrogens is 3. The number of para-hydroxylation sites is 1. The van der Waals surface area contributed by atoms with E-state index in [1.54, 1.807) is 18.2 Å². The molecule has 0 radical (unpaired) electrons. The highest BCUT2D eigenvalue weighted by Crippen LogP contribution is 2.33. The zero-order valence-electron chi connectivity index (χ0n) is 18.2. The molecule has 4 aromatic rings. The van der Waals surface area contributed by atoms with Crippen LogP contribution in [-0.2, 0) is 9.53 Å². The molecule has 2 heterocycles. The highest BCUT2D eigenvalue weighted by Gasteiger charge is 2.34. The quantitative estimate of drug-likeness (QED) is 0.366. The van der Waals surface area contributed by atoms with Crippen molar-refractivity contribution >= 4 is 23.6 Å². The second kappa shape index (κ2) is 9.48. The molecular weight excluding hydrogens is 453 g/mol. The lowest BCUT2D eigenvalue weighted by molar-refractivity contribution is -0.135. The van der Waals surface area contributed by atoms with Gasteiger partial charge in [0.05, 0.1) is 11.3 Å². The Bertz CT molecular complexity index is 1340. The summed E-state index contributed by atoms with van der Waals surface area (Å²) < 4.78 is 22.2. The van der Waals surface area contributed by atoms with E-state index < -0.39 is 12.0 Å². The summed E-state index contributed by atoms with van der Waals surface area (Å²) in [5.74, 6) is 0.496. The molecule has 9 heteroatoms. The molecule has 170 valence electrons. The number of hydrogen-bond acceptors (Lipinski definition) is 6. The van der Waals surface area contributed by atoms with Crippen LogP contribution in [0, 0.1) is 5.82 Å². The Labute approximate surface area is 199 Å². The molecule has 34 heavy (non-hydrogen) atoms. The van der Waals surface area contributed by atoms with E-state index in [1.807, 2.05) is 65.2 Å². The summed E-state index contributed by atoms with van der Waals surface area (Å²) in [6.45, 7) is 1.37. The molecule has 0 N–H and O–H groups in total. The maximum atomic E-state index is 14.4. The normalized spacial score (nSPS) is 15.2. The van der Waals surface area contributed by atoms with Gasteiger partial charge < -0.3 is 4.74 Å². The molecule has 3 aromatic carbocycles. The van der Waals surface area contributed by atoms with Crippen LogP contribution >= 0.6 is 11.8 Å². The Morgan fingerprint density at radius 1 is 0.971 bits per heavy atom. The van der Waals surface area contributed by atoms with E-state index in [1.165, 1.54) is 24.8 Å². The van der Waals surface area contributed by atoms with Gasteiger partial charge in [0.1, 0.15) is 5.82 Å². The molecule has 0 bridgehead atoms. The second-order valence-corrected chi connectivity index (χ2v) is 8.42. The fourth-order valence-corrected chi connectivity index (χ4v) is 4.42. The van der Waals surface area contributed by atoms with Crippen LogP contribution in [0.4, 0.5) is 4.39 Å². The summed E-state index contributed by atoms with van der Waals surface area (Å²) >= 11 is 1.37. The Morgan fingerprint density at radius 2 is 1.65 bits per heavy atom. The second-order valence-electron chi connectivity index (χ2n) is 7.48. The Hall–Kier alpha value is -3.98. The fourth-order valence-electron chi connectivity index (χ4n) is 3.62. The molecule has 0 aliphatic carbocycles. The van der Waals surface area contributed by atoms with Gasteiger partial charge in [-0.05, 0) is 18.2 Å². The lowest BCUT2D eigenvalue weighted by Gasteiger charge is -2.19. The maximum absolute atomic E-state index is 14.4. The Balaban J connectivity index is 1.42. The van der Waals surface area contributed by atoms with Crippen molar-refractivity contribution in [3.05, 3.63) is 96.3 Å². The third-order valence-corrected chi connectivity index (χ3v) is 6.10. The van der Waals surface area contributed by atoms with Crippen LogP contribution in [0.25, 0.3) is 17.1 Å². The maximum Gasteiger partial charge on any atom is 0.243 e. The molecule has 1 unspecified atom stereocenters. The number of nitrogens with zero attached hydrogens (tertiary/aromatic N) is 5. The van der Waals surface area contributed by atoms with Gasteiger partial charge in [0.2, 0.25) is 18.0 Å². The van der Waals surface area contributed by atoms with Crippen molar-refractivity contribution in [1.29, 1.82) is 0 Å². The van der Waals surface area contributed by atoms with Gasteiger partial charge in [-0.25, -0.2) is 4.39 Å². The van der Waals surface area contributed by atoms with Crippen molar-refractivity contribution in [2.45, 2.75) is 18.3 Å². The number of ether oxygens (including phenoxy) is 1.